The van der Waals surface area contributed by atoms with Crippen LogP contribution in [0.25, 0.3) is 0 Å². The van der Waals surface area contributed by atoms with Crippen LogP contribution in [0.1, 0.15) is 29.4 Å². The molecule has 0 bridgehead atoms. The lowest BCUT2D eigenvalue weighted by atomic mass is 10.1. The van der Waals surface area contributed by atoms with Crippen molar-refractivity contribution < 1.29 is 0 Å². The predicted molar refractivity (Wildman–Crippen MR) is 82.0 cm³/mol. The molecule has 0 atom stereocenters. The fraction of sp³-hybridized carbons (Fsp3) is 0.400. The van der Waals surface area contributed by atoms with Crippen LogP contribution in [0.3, 0.4) is 0 Å². The van der Waals surface area contributed by atoms with E-state index in [1.807, 2.05) is 11.7 Å². The van der Waals surface area contributed by atoms with Gasteiger partial charge in [-0.2, -0.15) is 5.10 Å². The van der Waals surface area contributed by atoms with Gasteiger partial charge in [-0.1, -0.05) is 36.8 Å². The van der Waals surface area contributed by atoms with Crippen LogP contribution in [0.4, 0.5) is 0 Å². The summed E-state index contributed by atoms with van der Waals surface area (Å²) in [5.41, 5.74) is 4.93. The third-order valence-corrected chi connectivity index (χ3v) is 4.12. The Hall–Kier alpha value is -1.13. The second-order valence-electron chi connectivity index (χ2n) is 4.78. The molecule has 0 aliphatic rings. The van der Waals surface area contributed by atoms with Crippen LogP contribution in [-0.2, 0) is 26.6 Å². The molecule has 2 rings (SSSR count). The van der Waals surface area contributed by atoms with Gasteiger partial charge in [0.1, 0.15) is 0 Å². The van der Waals surface area contributed by atoms with E-state index in [0.29, 0.717) is 0 Å². The lowest BCUT2D eigenvalue weighted by Crippen LogP contribution is -2.15. The molecule has 102 valence electrons. The molecular weight excluding hydrogens is 302 g/mol. The normalized spacial score (nSPS) is 10.9. The van der Waals surface area contributed by atoms with Gasteiger partial charge in [0.05, 0.1) is 15.9 Å². The highest BCUT2D eigenvalue weighted by molar-refractivity contribution is 9.10. The Labute approximate surface area is 123 Å². The average molecular weight is 322 g/mol. The van der Waals surface area contributed by atoms with Crippen molar-refractivity contribution in [2.75, 3.05) is 0 Å². The quantitative estimate of drug-likeness (QED) is 0.915. The largest absolute Gasteiger partial charge is 0.307 e. The van der Waals surface area contributed by atoms with Gasteiger partial charge in [-0.25, -0.2) is 0 Å². The van der Waals surface area contributed by atoms with E-state index in [9.17, 15) is 0 Å². The van der Waals surface area contributed by atoms with Gasteiger partial charge in [-0.05, 0) is 34.8 Å². The second kappa shape index (κ2) is 6.35. The summed E-state index contributed by atoms with van der Waals surface area (Å²) >= 11 is 3.64. The molecule has 3 nitrogen and oxygen atoms in total. The number of nitrogens with zero attached hydrogens (tertiary/aromatic N) is 2. The van der Waals surface area contributed by atoms with Gasteiger partial charge >= 0.3 is 0 Å². The number of nitrogens with one attached hydrogen (secondary N) is 1. The van der Waals surface area contributed by atoms with E-state index in [2.05, 4.69) is 64.5 Å². The lowest BCUT2D eigenvalue weighted by molar-refractivity contribution is 0.622. The smallest absolute Gasteiger partial charge is 0.0767 e. The number of hydrogen-bond donors (Lipinski definition) is 1. The van der Waals surface area contributed by atoms with Crippen molar-refractivity contribution in [3.8, 4) is 0 Å². The molecule has 0 amide bonds. The standard InChI is InChI=1S/C15H20BrN3/c1-4-13-15(16)14(19(3)18-13)10-17-9-12-7-5-6-11(2)8-12/h5-8,17H,4,9-10H2,1-3H3. The highest BCUT2D eigenvalue weighted by Gasteiger charge is 2.11. The highest BCUT2D eigenvalue weighted by Crippen LogP contribution is 2.21. The molecule has 1 heterocycles. The topological polar surface area (TPSA) is 29.9 Å². The van der Waals surface area contributed by atoms with Crippen molar-refractivity contribution in [2.45, 2.75) is 33.4 Å². The lowest BCUT2D eigenvalue weighted by Gasteiger charge is -2.07. The van der Waals surface area contributed by atoms with Gasteiger partial charge < -0.3 is 5.32 Å². The third-order valence-electron chi connectivity index (χ3n) is 3.21. The van der Waals surface area contributed by atoms with E-state index in [-0.39, 0.29) is 0 Å². The molecule has 0 spiro atoms. The van der Waals surface area contributed by atoms with Crippen LogP contribution in [0, 0.1) is 6.92 Å². The number of aryl methyl sites for hydroxylation is 3. The van der Waals surface area contributed by atoms with Crippen LogP contribution < -0.4 is 5.32 Å². The van der Waals surface area contributed by atoms with E-state index in [0.717, 1.165) is 29.7 Å². The van der Waals surface area contributed by atoms with Crippen LogP contribution in [0.15, 0.2) is 28.7 Å². The van der Waals surface area contributed by atoms with Gasteiger partial charge in [0.2, 0.25) is 0 Å². The Balaban J connectivity index is 1.98. The predicted octanol–water partition coefficient (Wildman–Crippen LogP) is 3.34. The Morgan fingerprint density at radius 2 is 2.11 bits per heavy atom. The van der Waals surface area contributed by atoms with E-state index >= 15 is 0 Å². The van der Waals surface area contributed by atoms with Crippen molar-refractivity contribution in [3.63, 3.8) is 0 Å². The second-order valence-corrected chi connectivity index (χ2v) is 5.57. The van der Waals surface area contributed by atoms with Crippen molar-refractivity contribution in [2.24, 2.45) is 7.05 Å². The molecule has 0 aliphatic heterocycles. The van der Waals surface area contributed by atoms with Crippen LogP contribution >= 0.6 is 15.9 Å². The molecule has 1 aromatic carbocycles. The number of benzene rings is 1. The number of halogens is 1. The Bertz CT molecular complexity index is 561. The summed E-state index contributed by atoms with van der Waals surface area (Å²) in [6, 6.07) is 8.58. The van der Waals surface area contributed by atoms with Crippen LogP contribution in [0.2, 0.25) is 0 Å². The summed E-state index contributed by atoms with van der Waals surface area (Å²) in [6.45, 7) is 5.94. The van der Waals surface area contributed by atoms with Crippen LogP contribution in [0.5, 0.6) is 0 Å². The zero-order valence-electron chi connectivity index (χ0n) is 11.7. The summed E-state index contributed by atoms with van der Waals surface area (Å²) in [5.74, 6) is 0. The minimum absolute atomic E-state index is 0.817. The SMILES string of the molecule is CCc1nn(C)c(CNCc2cccc(C)c2)c1Br. The molecule has 0 aliphatic carbocycles. The first-order chi connectivity index (χ1) is 9.11. The molecule has 0 unspecified atom stereocenters. The summed E-state index contributed by atoms with van der Waals surface area (Å²) in [7, 11) is 1.99. The number of hydrogen-bond acceptors (Lipinski definition) is 2. The molecule has 0 saturated heterocycles. The summed E-state index contributed by atoms with van der Waals surface area (Å²) in [5, 5.41) is 7.97. The van der Waals surface area contributed by atoms with Crippen molar-refractivity contribution in [1.29, 1.82) is 0 Å². The molecule has 4 heteroatoms. The van der Waals surface area contributed by atoms with E-state index < -0.39 is 0 Å². The monoisotopic (exact) mass is 321 g/mol. The summed E-state index contributed by atoms with van der Waals surface area (Å²) in [6.07, 6.45) is 0.951. The first-order valence-corrected chi connectivity index (χ1v) is 7.37. The van der Waals surface area contributed by atoms with Gasteiger partial charge in [0, 0.05) is 20.1 Å². The zero-order valence-corrected chi connectivity index (χ0v) is 13.3. The molecule has 0 saturated carbocycles. The molecule has 0 fully saturated rings. The average Bonchev–Trinajstić information content (AvgIpc) is 2.66. The maximum absolute atomic E-state index is 4.50. The van der Waals surface area contributed by atoms with Crippen molar-refractivity contribution in [3.05, 3.63) is 51.3 Å². The first-order valence-electron chi connectivity index (χ1n) is 6.58. The summed E-state index contributed by atoms with van der Waals surface area (Å²) < 4.78 is 3.08. The molecule has 1 N–H and O–H groups in total. The van der Waals surface area contributed by atoms with Gasteiger partial charge in [-0.3, -0.25) is 4.68 Å². The van der Waals surface area contributed by atoms with Gasteiger partial charge in [-0.15, -0.1) is 0 Å². The molecule has 19 heavy (non-hydrogen) atoms. The highest BCUT2D eigenvalue weighted by atomic mass is 79.9. The fourth-order valence-corrected chi connectivity index (χ4v) is 2.92. The molecule has 0 radical (unpaired) electrons. The Kier molecular flexibility index (Phi) is 4.77. The van der Waals surface area contributed by atoms with E-state index in [1.54, 1.807) is 0 Å². The van der Waals surface area contributed by atoms with Crippen LogP contribution in [-0.4, -0.2) is 9.78 Å². The maximum atomic E-state index is 4.50. The molecule has 1 aromatic heterocycles. The fourth-order valence-electron chi connectivity index (χ4n) is 2.16. The third kappa shape index (κ3) is 3.45. The Morgan fingerprint density at radius 3 is 2.74 bits per heavy atom. The first kappa shape index (κ1) is 14.3. The molecule has 2 aromatic rings. The summed E-state index contributed by atoms with van der Waals surface area (Å²) in [4.78, 5) is 0. The van der Waals surface area contributed by atoms with E-state index in [1.165, 1.54) is 16.8 Å². The minimum Gasteiger partial charge on any atom is -0.307 e. The van der Waals surface area contributed by atoms with Gasteiger partial charge in [0.15, 0.2) is 0 Å². The van der Waals surface area contributed by atoms with Crippen molar-refractivity contribution >= 4 is 15.9 Å². The minimum atomic E-state index is 0.817. The Morgan fingerprint density at radius 1 is 1.32 bits per heavy atom. The van der Waals surface area contributed by atoms with Gasteiger partial charge in [0.25, 0.3) is 0 Å². The molecular formula is C15H20BrN3. The van der Waals surface area contributed by atoms with E-state index in [4.69, 9.17) is 0 Å². The number of rotatable bonds is 5. The van der Waals surface area contributed by atoms with Crippen molar-refractivity contribution in [1.82, 2.24) is 15.1 Å². The maximum Gasteiger partial charge on any atom is 0.0767 e. The number of aromatic nitrogens is 2. The zero-order chi connectivity index (χ0) is 13.8.